The van der Waals surface area contributed by atoms with Crippen LogP contribution in [0.15, 0.2) is 53.4 Å². The second kappa shape index (κ2) is 11.8. The zero-order chi connectivity index (χ0) is 23.1. The van der Waals surface area contributed by atoms with Crippen LogP contribution in [0.2, 0.25) is 5.02 Å². The molecule has 1 aliphatic carbocycles. The first-order valence-corrected chi connectivity index (χ1v) is 12.5. The van der Waals surface area contributed by atoms with Gasteiger partial charge in [0, 0.05) is 15.7 Å². The highest BCUT2D eigenvalue weighted by atomic mass is 35.5. The Balaban J connectivity index is 1.45. The van der Waals surface area contributed by atoms with Crippen molar-refractivity contribution in [2.24, 2.45) is 17.8 Å². The maximum Gasteiger partial charge on any atom is 0.344 e. The fourth-order valence-corrected chi connectivity index (χ4v) is 5.08. The summed E-state index contributed by atoms with van der Waals surface area (Å²) in [5, 5.41) is 0.717. The third-order valence-corrected chi connectivity index (χ3v) is 7.31. The molecule has 0 bridgehead atoms. The molecule has 0 spiro atoms. The summed E-state index contributed by atoms with van der Waals surface area (Å²) >= 11 is 7.61. The molecular formula is C26H31ClO4S. The lowest BCUT2D eigenvalue weighted by Gasteiger charge is -2.36. The summed E-state index contributed by atoms with van der Waals surface area (Å²) in [6, 6.07) is 14.9. The maximum atomic E-state index is 12.3. The molecule has 0 unspecified atom stereocenters. The number of esters is 2. The van der Waals surface area contributed by atoms with Gasteiger partial charge in [0.2, 0.25) is 0 Å². The Kier molecular flexibility index (Phi) is 9.06. The minimum atomic E-state index is -0.517. The molecule has 3 rings (SSSR count). The zero-order valence-corrected chi connectivity index (χ0v) is 20.5. The molecule has 172 valence electrons. The van der Waals surface area contributed by atoms with E-state index in [4.69, 9.17) is 21.1 Å². The van der Waals surface area contributed by atoms with Crippen LogP contribution in [0.5, 0.6) is 0 Å². The van der Waals surface area contributed by atoms with Crippen LogP contribution in [0.25, 0.3) is 0 Å². The smallest absolute Gasteiger partial charge is 0.344 e. The van der Waals surface area contributed by atoms with Crippen molar-refractivity contribution in [3.63, 3.8) is 0 Å². The van der Waals surface area contributed by atoms with E-state index in [0.29, 0.717) is 28.3 Å². The fourth-order valence-electron chi connectivity index (χ4n) is 4.10. The van der Waals surface area contributed by atoms with Gasteiger partial charge in [0.05, 0.1) is 5.56 Å². The third kappa shape index (κ3) is 7.28. The van der Waals surface area contributed by atoms with Gasteiger partial charge >= 0.3 is 11.9 Å². The molecule has 0 saturated heterocycles. The van der Waals surface area contributed by atoms with Gasteiger partial charge in [-0.1, -0.05) is 50.9 Å². The van der Waals surface area contributed by atoms with Crippen molar-refractivity contribution in [2.45, 2.75) is 56.8 Å². The lowest BCUT2D eigenvalue weighted by Crippen LogP contribution is -2.36. The van der Waals surface area contributed by atoms with Crippen LogP contribution in [-0.4, -0.2) is 24.6 Å². The highest BCUT2D eigenvalue weighted by molar-refractivity contribution is 7.98. The summed E-state index contributed by atoms with van der Waals surface area (Å²) in [4.78, 5) is 25.8. The molecule has 0 aromatic heterocycles. The van der Waals surface area contributed by atoms with Gasteiger partial charge in [-0.2, -0.15) is 0 Å². The Morgan fingerprint density at radius 1 is 1.06 bits per heavy atom. The van der Waals surface area contributed by atoms with Crippen molar-refractivity contribution in [1.82, 2.24) is 0 Å². The Hall–Kier alpha value is -1.98. The van der Waals surface area contributed by atoms with Gasteiger partial charge in [0.25, 0.3) is 0 Å². The van der Waals surface area contributed by atoms with Crippen LogP contribution in [0.3, 0.4) is 0 Å². The SMILES string of the molecule is CC(C)[C@H]1CC[C@@H](C)C[C@H]1OC(=O)COC(=O)c1ccc(CSc2ccc(Cl)cc2)cc1. The molecule has 2 aromatic rings. The lowest BCUT2D eigenvalue weighted by molar-refractivity contribution is -0.159. The molecule has 0 radical (unpaired) electrons. The number of carbonyl (C=O) groups excluding carboxylic acids is 2. The van der Waals surface area contributed by atoms with Crippen LogP contribution < -0.4 is 0 Å². The van der Waals surface area contributed by atoms with E-state index in [9.17, 15) is 9.59 Å². The Labute approximate surface area is 200 Å². The van der Waals surface area contributed by atoms with Crippen LogP contribution in [-0.2, 0) is 20.0 Å². The molecule has 1 aliphatic rings. The van der Waals surface area contributed by atoms with E-state index in [1.54, 1.807) is 23.9 Å². The Morgan fingerprint density at radius 2 is 1.75 bits per heavy atom. The van der Waals surface area contributed by atoms with E-state index in [0.717, 1.165) is 29.1 Å². The van der Waals surface area contributed by atoms with Crippen molar-refractivity contribution in [1.29, 1.82) is 0 Å². The first kappa shape index (κ1) is 24.7. The molecule has 0 heterocycles. The number of thioether (sulfide) groups is 1. The standard InChI is InChI=1S/C26H31ClO4S/c1-17(2)23-13-4-18(3)14-24(23)31-25(28)15-30-26(29)20-7-5-19(6-8-20)16-32-22-11-9-21(27)10-12-22/h5-12,17-18,23-24H,4,13-16H2,1-3H3/t18-,23-,24-/m1/s1. The van der Waals surface area contributed by atoms with Crippen molar-refractivity contribution in [3.8, 4) is 0 Å². The van der Waals surface area contributed by atoms with E-state index >= 15 is 0 Å². The van der Waals surface area contributed by atoms with E-state index < -0.39 is 11.9 Å². The van der Waals surface area contributed by atoms with Crippen LogP contribution in [0, 0.1) is 17.8 Å². The molecule has 4 nitrogen and oxygen atoms in total. The second-order valence-corrected chi connectivity index (χ2v) is 10.4. The van der Waals surface area contributed by atoms with Crippen molar-refractivity contribution in [3.05, 3.63) is 64.7 Å². The Bertz CT molecular complexity index is 895. The number of benzene rings is 2. The third-order valence-electron chi connectivity index (χ3n) is 5.97. The van der Waals surface area contributed by atoms with E-state index in [1.165, 1.54) is 6.42 Å². The van der Waals surface area contributed by atoms with Crippen molar-refractivity contribution < 1.29 is 19.1 Å². The molecule has 32 heavy (non-hydrogen) atoms. The van der Waals surface area contributed by atoms with Gasteiger partial charge in [0.1, 0.15) is 6.10 Å². The van der Waals surface area contributed by atoms with Gasteiger partial charge in [-0.15, -0.1) is 11.8 Å². The van der Waals surface area contributed by atoms with E-state index in [2.05, 4.69) is 20.8 Å². The number of hydrogen-bond donors (Lipinski definition) is 0. The topological polar surface area (TPSA) is 52.6 Å². The quantitative estimate of drug-likeness (QED) is 0.311. The molecule has 0 amide bonds. The molecule has 0 N–H and O–H groups in total. The number of carbonyl (C=O) groups is 2. The average Bonchev–Trinajstić information content (AvgIpc) is 2.77. The van der Waals surface area contributed by atoms with E-state index in [1.807, 2.05) is 36.4 Å². The highest BCUT2D eigenvalue weighted by Crippen LogP contribution is 2.35. The number of halogens is 1. The van der Waals surface area contributed by atoms with E-state index in [-0.39, 0.29) is 12.7 Å². The maximum absolute atomic E-state index is 12.3. The minimum Gasteiger partial charge on any atom is -0.460 e. The monoisotopic (exact) mass is 474 g/mol. The summed E-state index contributed by atoms with van der Waals surface area (Å²) in [5.74, 6) is 1.15. The van der Waals surface area contributed by atoms with Crippen LogP contribution in [0.4, 0.5) is 0 Å². The van der Waals surface area contributed by atoms with Crippen molar-refractivity contribution in [2.75, 3.05) is 6.61 Å². The predicted octanol–water partition coefficient (Wildman–Crippen LogP) is 6.79. The van der Waals surface area contributed by atoms with Crippen molar-refractivity contribution >= 4 is 35.3 Å². The lowest BCUT2D eigenvalue weighted by atomic mass is 9.75. The van der Waals surface area contributed by atoms with Gasteiger partial charge in [-0.25, -0.2) is 9.59 Å². The van der Waals surface area contributed by atoms with Gasteiger partial charge < -0.3 is 9.47 Å². The minimum absolute atomic E-state index is 0.0950. The zero-order valence-electron chi connectivity index (χ0n) is 18.9. The highest BCUT2D eigenvalue weighted by Gasteiger charge is 2.33. The molecule has 1 fully saturated rings. The first-order valence-electron chi connectivity index (χ1n) is 11.2. The molecule has 2 aromatic carbocycles. The summed E-state index contributed by atoms with van der Waals surface area (Å²) in [6.45, 7) is 6.16. The first-order chi connectivity index (χ1) is 15.3. The molecule has 1 saturated carbocycles. The van der Waals surface area contributed by atoms with Crippen LogP contribution >= 0.6 is 23.4 Å². The largest absolute Gasteiger partial charge is 0.460 e. The molecular weight excluding hydrogens is 444 g/mol. The molecule has 0 aliphatic heterocycles. The van der Waals surface area contributed by atoms with Gasteiger partial charge in [-0.3, -0.25) is 0 Å². The summed E-state index contributed by atoms with van der Waals surface area (Å²) in [7, 11) is 0. The molecule has 3 atom stereocenters. The normalized spacial score (nSPS) is 20.7. The van der Waals surface area contributed by atoms with Crippen LogP contribution in [0.1, 0.15) is 56.0 Å². The number of ether oxygens (including phenoxy) is 2. The predicted molar refractivity (Wildman–Crippen MR) is 129 cm³/mol. The number of rotatable bonds is 8. The average molecular weight is 475 g/mol. The Morgan fingerprint density at radius 3 is 2.41 bits per heavy atom. The summed E-state index contributed by atoms with van der Waals surface area (Å²) in [6.07, 6.45) is 3.01. The van der Waals surface area contributed by atoms with Gasteiger partial charge in [0.15, 0.2) is 6.61 Å². The number of hydrogen-bond acceptors (Lipinski definition) is 5. The molecule has 6 heteroatoms. The summed E-state index contributed by atoms with van der Waals surface area (Å²) in [5.41, 5.74) is 1.51. The summed E-state index contributed by atoms with van der Waals surface area (Å²) < 4.78 is 10.9. The second-order valence-electron chi connectivity index (χ2n) is 8.87. The fraction of sp³-hybridized carbons (Fsp3) is 0.462. The van der Waals surface area contributed by atoms with Gasteiger partial charge in [-0.05, 0) is 72.6 Å².